The summed E-state index contributed by atoms with van der Waals surface area (Å²) in [6, 6.07) is 7.09. The van der Waals surface area contributed by atoms with Gasteiger partial charge in [-0.05, 0) is 67.6 Å². The molecule has 1 fully saturated rings. The Hall–Kier alpha value is -2.13. The Morgan fingerprint density at radius 1 is 0.903 bits per heavy atom. The number of rotatable bonds is 4. The van der Waals surface area contributed by atoms with E-state index in [1.807, 2.05) is 0 Å². The summed E-state index contributed by atoms with van der Waals surface area (Å²) in [4.78, 5) is 0. The molecule has 1 saturated carbocycles. The highest BCUT2D eigenvalue weighted by Gasteiger charge is 2.38. The van der Waals surface area contributed by atoms with Crippen LogP contribution in [-0.2, 0) is 17.1 Å². The van der Waals surface area contributed by atoms with Gasteiger partial charge in [-0.3, -0.25) is 0 Å². The molecule has 0 heterocycles. The number of halogens is 7. The zero-order chi connectivity index (χ0) is 23.0. The fourth-order valence-corrected chi connectivity index (χ4v) is 3.95. The summed E-state index contributed by atoms with van der Waals surface area (Å²) in [5, 5.41) is 0. The minimum Gasteiger partial charge on any atom is -0.370 e. The van der Waals surface area contributed by atoms with E-state index in [1.54, 1.807) is 12.1 Å². The average molecular weight is 449 g/mol. The van der Waals surface area contributed by atoms with E-state index in [1.165, 1.54) is 19.1 Å². The van der Waals surface area contributed by atoms with E-state index in [-0.39, 0.29) is 23.6 Å². The zero-order valence-corrected chi connectivity index (χ0v) is 16.6. The Bertz CT molecular complexity index is 860. The third kappa shape index (κ3) is 5.77. The van der Waals surface area contributed by atoms with Crippen molar-refractivity contribution in [2.75, 3.05) is 0 Å². The highest BCUT2D eigenvalue weighted by atomic mass is 19.4. The molecule has 0 aromatic heterocycles. The van der Waals surface area contributed by atoms with Gasteiger partial charge in [-0.1, -0.05) is 12.1 Å². The second-order valence-electron chi connectivity index (χ2n) is 7.89. The van der Waals surface area contributed by atoms with Crippen molar-refractivity contribution >= 4 is 0 Å². The van der Waals surface area contributed by atoms with Gasteiger partial charge in [0.2, 0.25) is 0 Å². The number of ether oxygens (including phenoxy) is 1. The van der Waals surface area contributed by atoms with Crippen molar-refractivity contribution in [3.63, 3.8) is 0 Å². The molecule has 0 radical (unpaired) electrons. The van der Waals surface area contributed by atoms with Crippen LogP contribution in [0.15, 0.2) is 42.5 Å². The summed E-state index contributed by atoms with van der Waals surface area (Å²) in [5.41, 5.74) is 3.84. The second-order valence-corrected chi connectivity index (χ2v) is 7.89. The summed E-state index contributed by atoms with van der Waals surface area (Å²) in [7, 11) is 0. The third-order valence-corrected chi connectivity index (χ3v) is 5.58. The molecule has 1 aliphatic carbocycles. The lowest BCUT2D eigenvalue weighted by Crippen LogP contribution is -2.37. The van der Waals surface area contributed by atoms with Gasteiger partial charge in [0.1, 0.15) is 5.82 Å². The fraction of sp³-hybridized carbons (Fsp3) is 0.455. The highest BCUT2D eigenvalue weighted by Crippen LogP contribution is 2.40. The first kappa shape index (κ1) is 23.5. The van der Waals surface area contributed by atoms with Crippen molar-refractivity contribution in [3.05, 3.63) is 70.5 Å². The number of benzene rings is 2. The largest absolute Gasteiger partial charge is 0.416 e. The number of hydrogen-bond acceptors (Lipinski definition) is 2. The van der Waals surface area contributed by atoms with Crippen molar-refractivity contribution in [2.24, 2.45) is 5.73 Å². The van der Waals surface area contributed by atoms with Gasteiger partial charge < -0.3 is 10.5 Å². The molecule has 4 atom stereocenters. The molecular weight excluding hydrogens is 427 g/mol. The molecule has 0 saturated heterocycles. The molecule has 2 aromatic carbocycles. The molecule has 0 spiro atoms. The van der Waals surface area contributed by atoms with E-state index >= 15 is 0 Å². The predicted molar refractivity (Wildman–Crippen MR) is 101 cm³/mol. The Labute approximate surface area is 175 Å². The van der Waals surface area contributed by atoms with Crippen molar-refractivity contribution < 1.29 is 35.5 Å². The summed E-state index contributed by atoms with van der Waals surface area (Å²) in [6.07, 6.45) is -9.76. The van der Waals surface area contributed by atoms with E-state index in [9.17, 15) is 30.7 Å². The molecule has 170 valence electrons. The monoisotopic (exact) mass is 449 g/mol. The molecule has 0 unspecified atom stereocenters. The van der Waals surface area contributed by atoms with Crippen LogP contribution in [0.25, 0.3) is 0 Å². The van der Waals surface area contributed by atoms with Gasteiger partial charge in [0, 0.05) is 12.0 Å². The first-order valence-corrected chi connectivity index (χ1v) is 9.80. The van der Waals surface area contributed by atoms with E-state index in [2.05, 4.69) is 0 Å². The topological polar surface area (TPSA) is 35.2 Å². The first-order chi connectivity index (χ1) is 14.3. The van der Waals surface area contributed by atoms with Crippen LogP contribution in [0.4, 0.5) is 30.7 Å². The minimum atomic E-state index is -4.93. The van der Waals surface area contributed by atoms with Gasteiger partial charge in [-0.25, -0.2) is 4.39 Å². The van der Waals surface area contributed by atoms with E-state index in [0.717, 1.165) is 5.56 Å². The maximum Gasteiger partial charge on any atom is 0.416 e. The number of alkyl halides is 6. The summed E-state index contributed by atoms with van der Waals surface area (Å²) < 4.78 is 98.2. The third-order valence-electron chi connectivity index (χ3n) is 5.58. The molecule has 2 N–H and O–H groups in total. The second kappa shape index (κ2) is 8.78. The van der Waals surface area contributed by atoms with E-state index in [4.69, 9.17) is 10.5 Å². The van der Waals surface area contributed by atoms with Crippen LogP contribution in [0, 0.1) is 5.82 Å². The van der Waals surface area contributed by atoms with Crippen molar-refractivity contribution in [2.45, 2.75) is 62.7 Å². The molecular formula is C22H22F7NO. The molecule has 0 amide bonds. The Balaban J connectivity index is 1.89. The molecule has 2 nitrogen and oxygen atoms in total. The van der Waals surface area contributed by atoms with Crippen LogP contribution in [0.2, 0.25) is 0 Å². The molecule has 0 aliphatic heterocycles. The normalized spacial score (nSPS) is 23.6. The lowest BCUT2D eigenvalue weighted by Gasteiger charge is -2.36. The standard InChI is InChI=1S/C22H22F7NO/c1-12(14-8-15(21(24,25)26)10-16(9-14)22(27,28)29)31-20-7-6-18(30)11-19(20)13-2-4-17(23)5-3-13/h2-5,8-10,12,18-20H,6-7,11,30H2,1H3/t12-,18-,19-,20+/m1/s1. The quantitative estimate of drug-likeness (QED) is 0.534. The van der Waals surface area contributed by atoms with Crippen molar-refractivity contribution in [1.29, 1.82) is 0 Å². The van der Waals surface area contributed by atoms with Gasteiger partial charge in [-0.15, -0.1) is 0 Å². The van der Waals surface area contributed by atoms with Crippen LogP contribution in [0.1, 0.15) is 60.5 Å². The summed E-state index contributed by atoms with van der Waals surface area (Å²) >= 11 is 0. The van der Waals surface area contributed by atoms with Crippen molar-refractivity contribution in [3.8, 4) is 0 Å². The first-order valence-electron chi connectivity index (χ1n) is 9.80. The predicted octanol–water partition coefficient (Wildman–Crippen LogP) is 6.60. The highest BCUT2D eigenvalue weighted by molar-refractivity contribution is 5.35. The van der Waals surface area contributed by atoms with Crippen LogP contribution in [0.3, 0.4) is 0 Å². The molecule has 1 aliphatic rings. The minimum absolute atomic E-state index is 0.0944. The summed E-state index contributed by atoms with van der Waals surface area (Å²) in [5.74, 6) is -0.668. The SMILES string of the molecule is C[C@@H](O[C@H]1CC[C@@H](N)C[C@@H]1c1ccc(F)cc1)c1cc(C(F)(F)F)cc(C(F)(F)F)c1. The van der Waals surface area contributed by atoms with Gasteiger partial charge >= 0.3 is 12.4 Å². The smallest absolute Gasteiger partial charge is 0.370 e. The number of nitrogens with two attached hydrogens (primary N) is 1. The van der Waals surface area contributed by atoms with Crippen LogP contribution in [-0.4, -0.2) is 12.1 Å². The fourth-order valence-electron chi connectivity index (χ4n) is 3.95. The Morgan fingerprint density at radius 2 is 1.45 bits per heavy atom. The van der Waals surface area contributed by atoms with Gasteiger partial charge in [0.15, 0.2) is 0 Å². The zero-order valence-electron chi connectivity index (χ0n) is 16.6. The molecule has 2 aromatic rings. The Morgan fingerprint density at radius 3 is 1.97 bits per heavy atom. The maximum atomic E-state index is 13.3. The van der Waals surface area contributed by atoms with Crippen molar-refractivity contribution in [1.82, 2.24) is 0 Å². The van der Waals surface area contributed by atoms with Gasteiger partial charge in [0.25, 0.3) is 0 Å². The Kier molecular flexibility index (Phi) is 6.67. The van der Waals surface area contributed by atoms with Crippen LogP contribution < -0.4 is 5.73 Å². The van der Waals surface area contributed by atoms with Gasteiger partial charge in [0.05, 0.1) is 23.3 Å². The average Bonchev–Trinajstić information content (AvgIpc) is 2.68. The maximum absolute atomic E-state index is 13.3. The lowest BCUT2D eigenvalue weighted by molar-refractivity contribution is -0.143. The van der Waals surface area contributed by atoms with Crippen LogP contribution in [0.5, 0.6) is 0 Å². The van der Waals surface area contributed by atoms with E-state index < -0.39 is 41.5 Å². The number of hydrogen-bond donors (Lipinski definition) is 1. The molecule has 0 bridgehead atoms. The van der Waals surface area contributed by atoms with Gasteiger partial charge in [-0.2, -0.15) is 26.3 Å². The molecule has 3 rings (SSSR count). The van der Waals surface area contributed by atoms with E-state index in [0.29, 0.717) is 31.4 Å². The molecule has 9 heteroatoms. The summed E-state index contributed by atoms with van der Waals surface area (Å²) in [6.45, 7) is 1.42. The van der Waals surface area contributed by atoms with Crippen LogP contribution >= 0.6 is 0 Å². The molecule has 31 heavy (non-hydrogen) atoms. The lowest BCUT2D eigenvalue weighted by atomic mass is 9.79.